The number of piperidine rings is 1. The topological polar surface area (TPSA) is 57.6 Å². The van der Waals surface area contributed by atoms with E-state index in [9.17, 15) is 13.5 Å². The third-order valence-electron chi connectivity index (χ3n) is 5.61. The van der Waals surface area contributed by atoms with Gasteiger partial charge in [-0.05, 0) is 37.0 Å². The number of hydrogen-bond donors (Lipinski definition) is 1. The predicted molar refractivity (Wildman–Crippen MR) is 104 cm³/mol. The highest BCUT2D eigenvalue weighted by atomic mass is 35.5. The molecule has 4 rings (SSSR count). The zero-order valence-corrected chi connectivity index (χ0v) is 16.1. The molecule has 26 heavy (non-hydrogen) atoms. The highest BCUT2D eigenvalue weighted by molar-refractivity contribution is 7.92. The molecule has 0 saturated carbocycles. The summed E-state index contributed by atoms with van der Waals surface area (Å²) < 4.78 is 26.4. The lowest BCUT2D eigenvalue weighted by Gasteiger charge is -2.38. The first kappa shape index (κ1) is 19.4. The van der Waals surface area contributed by atoms with Crippen LogP contribution in [0.2, 0.25) is 0 Å². The van der Waals surface area contributed by atoms with Crippen molar-refractivity contribution in [3.63, 3.8) is 0 Å². The van der Waals surface area contributed by atoms with E-state index in [0.717, 1.165) is 12.0 Å². The van der Waals surface area contributed by atoms with Gasteiger partial charge in [-0.1, -0.05) is 48.5 Å². The van der Waals surface area contributed by atoms with Crippen LogP contribution < -0.4 is 0 Å². The monoisotopic (exact) mass is 393 g/mol. The van der Waals surface area contributed by atoms with E-state index in [2.05, 4.69) is 17.0 Å². The molecule has 4 atom stereocenters. The van der Waals surface area contributed by atoms with Crippen LogP contribution in [0.3, 0.4) is 0 Å². The van der Waals surface area contributed by atoms with Crippen LogP contribution in [-0.4, -0.2) is 41.9 Å². The lowest BCUT2D eigenvalue weighted by Crippen LogP contribution is -2.51. The van der Waals surface area contributed by atoms with Gasteiger partial charge in [-0.3, -0.25) is 4.90 Å². The molecule has 6 heteroatoms. The number of rotatable bonds is 4. The van der Waals surface area contributed by atoms with Crippen molar-refractivity contribution in [3.05, 3.63) is 66.2 Å². The van der Waals surface area contributed by atoms with Crippen LogP contribution in [0.15, 0.2) is 65.6 Å². The Hall–Kier alpha value is -1.40. The molecule has 0 aromatic heterocycles. The number of fused-ring (bicyclic) bond motifs is 2. The van der Waals surface area contributed by atoms with E-state index in [1.54, 1.807) is 24.3 Å². The lowest BCUT2D eigenvalue weighted by atomic mass is 9.99. The molecule has 2 saturated heterocycles. The summed E-state index contributed by atoms with van der Waals surface area (Å²) in [5, 5.41) is 10.1. The fourth-order valence-electron chi connectivity index (χ4n) is 4.41. The van der Waals surface area contributed by atoms with Crippen molar-refractivity contribution >= 4 is 22.2 Å². The van der Waals surface area contributed by atoms with Crippen molar-refractivity contribution in [1.82, 2.24) is 4.90 Å². The maximum absolute atomic E-state index is 13.2. The van der Waals surface area contributed by atoms with Gasteiger partial charge in [0.15, 0.2) is 9.84 Å². The number of nitrogens with zero attached hydrogens (tertiary/aromatic N) is 1. The van der Waals surface area contributed by atoms with Gasteiger partial charge in [0.2, 0.25) is 0 Å². The predicted octanol–water partition coefficient (Wildman–Crippen LogP) is 3.05. The van der Waals surface area contributed by atoms with E-state index < -0.39 is 21.2 Å². The second-order valence-electron chi connectivity index (χ2n) is 7.08. The van der Waals surface area contributed by atoms with Crippen molar-refractivity contribution in [1.29, 1.82) is 0 Å². The standard InChI is InChI=1S/C20H23NO3S.ClH/c22-18-12-11-16-13-19(25(23,24)17-9-5-2-6-10-17)20(18)21(16)14-15-7-3-1-4-8-15;/h1-10,16,18-20,22H,11-14H2;1H/t16?,18-,19?,20?;/m0./s1. The third kappa shape index (κ3) is 3.41. The first-order chi connectivity index (χ1) is 12.1. The zero-order valence-electron chi connectivity index (χ0n) is 14.4. The van der Waals surface area contributed by atoms with Gasteiger partial charge in [0.1, 0.15) is 0 Å². The SMILES string of the molecule is Cl.O=S(=O)(c1ccccc1)C1CC2CC[C@H](O)C1N2Cc1ccccc1. The average molecular weight is 394 g/mol. The molecule has 2 heterocycles. The molecule has 2 fully saturated rings. The molecule has 2 aromatic rings. The molecule has 0 amide bonds. The molecule has 1 N–H and O–H groups in total. The molecular weight excluding hydrogens is 370 g/mol. The number of sulfone groups is 1. The Kier molecular flexibility index (Phi) is 5.72. The van der Waals surface area contributed by atoms with Crippen LogP contribution >= 0.6 is 12.4 Å². The fraction of sp³-hybridized carbons (Fsp3) is 0.400. The van der Waals surface area contributed by atoms with Crippen molar-refractivity contribution < 1.29 is 13.5 Å². The van der Waals surface area contributed by atoms with Gasteiger partial charge < -0.3 is 5.11 Å². The Bertz CT molecular complexity index is 829. The van der Waals surface area contributed by atoms with E-state index in [1.807, 2.05) is 24.3 Å². The summed E-state index contributed by atoms with van der Waals surface area (Å²) in [6.45, 7) is 0.689. The number of halogens is 1. The first-order valence-corrected chi connectivity index (χ1v) is 10.4. The molecule has 0 aliphatic carbocycles. The van der Waals surface area contributed by atoms with Crippen LogP contribution in [0.1, 0.15) is 24.8 Å². The Labute approximate surface area is 161 Å². The van der Waals surface area contributed by atoms with Crippen molar-refractivity contribution in [3.8, 4) is 0 Å². The Morgan fingerprint density at radius 2 is 1.58 bits per heavy atom. The molecule has 2 aliphatic heterocycles. The molecule has 0 spiro atoms. The Morgan fingerprint density at radius 1 is 0.962 bits per heavy atom. The third-order valence-corrected chi connectivity index (χ3v) is 7.80. The highest BCUT2D eigenvalue weighted by Gasteiger charge is 2.52. The van der Waals surface area contributed by atoms with Crippen molar-refractivity contribution in [2.24, 2.45) is 0 Å². The summed E-state index contributed by atoms with van der Waals surface area (Å²) >= 11 is 0. The molecule has 2 aliphatic rings. The van der Waals surface area contributed by atoms with Gasteiger partial charge in [-0.25, -0.2) is 8.42 Å². The summed E-state index contributed by atoms with van der Waals surface area (Å²) in [7, 11) is -3.45. The Balaban J connectivity index is 0.00000196. The second kappa shape index (κ2) is 7.69. The van der Waals surface area contributed by atoms with E-state index >= 15 is 0 Å². The largest absolute Gasteiger partial charge is 0.391 e. The maximum atomic E-state index is 13.2. The summed E-state index contributed by atoms with van der Waals surface area (Å²) in [6, 6.07) is 18.6. The quantitative estimate of drug-likeness (QED) is 0.867. The minimum Gasteiger partial charge on any atom is -0.391 e. The summed E-state index contributed by atoms with van der Waals surface area (Å²) in [6.07, 6.45) is 1.55. The molecule has 2 bridgehead atoms. The average Bonchev–Trinajstić information content (AvgIpc) is 2.90. The normalized spacial score (nSPS) is 28.5. The maximum Gasteiger partial charge on any atom is 0.182 e. The summed E-state index contributed by atoms with van der Waals surface area (Å²) in [5.41, 5.74) is 1.16. The van der Waals surface area contributed by atoms with Crippen LogP contribution in [0.5, 0.6) is 0 Å². The molecule has 4 nitrogen and oxygen atoms in total. The van der Waals surface area contributed by atoms with Crippen molar-refractivity contribution in [2.75, 3.05) is 0 Å². The smallest absolute Gasteiger partial charge is 0.182 e. The number of aliphatic hydroxyl groups is 1. The van der Waals surface area contributed by atoms with E-state index in [-0.39, 0.29) is 24.5 Å². The lowest BCUT2D eigenvalue weighted by molar-refractivity contribution is 0.0103. The number of aliphatic hydroxyl groups excluding tert-OH is 1. The van der Waals surface area contributed by atoms with Gasteiger partial charge in [0, 0.05) is 12.6 Å². The van der Waals surface area contributed by atoms with E-state index in [4.69, 9.17) is 0 Å². The number of hydrogen-bond acceptors (Lipinski definition) is 4. The van der Waals surface area contributed by atoms with Gasteiger partial charge in [0.25, 0.3) is 0 Å². The molecule has 140 valence electrons. The molecule has 0 radical (unpaired) electrons. The highest BCUT2D eigenvalue weighted by Crippen LogP contribution is 2.41. The molecule has 2 aromatic carbocycles. The van der Waals surface area contributed by atoms with Crippen LogP contribution in [0, 0.1) is 0 Å². The fourth-order valence-corrected chi connectivity index (χ4v) is 6.48. The summed E-state index contributed by atoms with van der Waals surface area (Å²) in [4.78, 5) is 2.58. The molecule has 3 unspecified atom stereocenters. The Morgan fingerprint density at radius 3 is 2.23 bits per heavy atom. The van der Waals surface area contributed by atoms with Gasteiger partial charge in [0.05, 0.1) is 22.3 Å². The first-order valence-electron chi connectivity index (χ1n) is 8.84. The van der Waals surface area contributed by atoms with Crippen LogP contribution in [0.4, 0.5) is 0 Å². The van der Waals surface area contributed by atoms with Gasteiger partial charge in [-0.15, -0.1) is 12.4 Å². The minimum atomic E-state index is -3.45. The van der Waals surface area contributed by atoms with Crippen molar-refractivity contribution in [2.45, 2.75) is 54.1 Å². The van der Waals surface area contributed by atoms with Gasteiger partial charge in [-0.2, -0.15) is 0 Å². The zero-order chi connectivity index (χ0) is 17.4. The van der Waals surface area contributed by atoms with Crippen LogP contribution in [-0.2, 0) is 16.4 Å². The molecular formula is C20H24ClNO3S. The van der Waals surface area contributed by atoms with E-state index in [0.29, 0.717) is 24.3 Å². The minimum absolute atomic E-state index is 0. The summed E-state index contributed by atoms with van der Waals surface area (Å²) in [5.74, 6) is 0. The second-order valence-corrected chi connectivity index (χ2v) is 9.25. The number of benzene rings is 2. The van der Waals surface area contributed by atoms with Gasteiger partial charge >= 0.3 is 0 Å². The van der Waals surface area contributed by atoms with Crippen LogP contribution in [0.25, 0.3) is 0 Å². The van der Waals surface area contributed by atoms with E-state index in [1.165, 1.54) is 0 Å².